The third-order valence-electron chi connectivity index (χ3n) is 10.3. The maximum atomic E-state index is 6.57. The van der Waals surface area contributed by atoms with Crippen LogP contribution in [0.15, 0.2) is 205 Å². The normalized spacial score (nSPS) is 12.3. The molecular formula is C53H43NO2. The molecule has 8 aromatic carbocycles. The lowest BCUT2D eigenvalue weighted by Gasteiger charge is -2.34. The third-order valence-corrected chi connectivity index (χ3v) is 10.3. The second-order valence-corrected chi connectivity index (χ2v) is 14.1. The van der Waals surface area contributed by atoms with Gasteiger partial charge in [0.2, 0.25) is 0 Å². The van der Waals surface area contributed by atoms with Crippen molar-refractivity contribution in [2.75, 3.05) is 0 Å². The molecule has 0 unspecified atom stereocenters. The summed E-state index contributed by atoms with van der Waals surface area (Å²) in [5.74, 6) is 3.05. The van der Waals surface area contributed by atoms with Crippen molar-refractivity contribution in [3.05, 3.63) is 239 Å². The van der Waals surface area contributed by atoms with Gasteiger partial charge in [0.25, 0.3) is 0 Å². The number of hydrogen-bond acceptors (Lipinski definition) is 3. The zero-order chi connectivity index (χ0) is 38.3. The van der Waals surface area contributed by atoms with Crippen LogP contribution in [0.25, 0.3) is 22.3 Å². The number of nitrogens with zero attached hydrogens (tertiary/aromatic N) is 1. The molecule has 0 aromatic heterocycles. The van der Waals surface area contributed by atoms with Gasteiger partial charge in [-0.1, -0.05) is 188 Å². The monoisotopic (exact) mass is 725 g/mol. The molecule has 3 nitrogen and oxygen atoms in total. The van der Waals surface area contributed by atoms with Crippen molar-refractivity contribution in [2.24, 2.45) is 4.99 Å². The first-order valence-corrected chi connectivity index (χ1v) is 19.0. The van der Waals surface area contributed by atoms with E-state index in [1.807, 2.05) is 48.5 Å². The highest BCUT2D eigenvalue weighted by Gasteiger charge is 2.48. The van der Waals surface area contributed by atoms with E-state index < -0.39 is 5.41 Å². The molecule has 56 heavy (non-hydrogen) atoms. The van der Waals surface area contributed by atoms with E-state index in [-0.39, 0.29) is 0 Å². The topological polar surface area (TPSA) is 30.8 Å². The van der Waals surface area contributed by atoms with Gasteiger partial charge in [-0.05, 0) is 88.8 Å². The summed E-state index contributed by atoms with van der Waals surface area (Å²) < 4.78 is 12.9. The van der Waals surface area contributed by atoms with E-state index in [1.54, 1.807) is 0 Å². The standard InChI is InChI=1S/C32H22O2.C13H12.C8H9N/c1-21-16-18-27-29(20-21)33-28-19-17-26-30(31(28)34-27)24-14-8-9-15-25(24)32(26,22-10-4-2-5-11-22)23-12-6-3-7-13-23;1-11-6-5-9-13(10-11)12-7-3-2-4-8-12;1-9-7-8-5-3-2-4-6-8/h2-20H,1H3;2-10H,1H3;2-6H,1,7H2. The molecule has 0 amide bonds. The van der Waals surface area contributed by atoms with Crippen LogP contribution in [0, 0.1) is 13.8 Å². The Balaban J connectivity index is 0.000000163. The van der Waals surface area contributed by atoms with Crippen molar-refractivity contribution >= 4 is 6.72 Å². The number of aryl methyl sites for hydroxylation is 2. The molecule has 0 fully saturated rings. The van der Waals surface area contributed by atoms with Gasteiger partial charge in [-0.2, -0.15) is 0 Å². The lowest BCUT2D eigenvalue weighted by molar-refractivity contribution is 0.360. The molecule has 1 aliphatic carbocycles. The van der Waals surface area contributed by atoms with E-state index in [1.165, 1.54) is 50.1 Å². The van der Waals surface area contributed by atoms with Crippen molar-refractivity contribution in [1.29, 1.82) is 0 Å². The highest BCUT2D eigenvalue weighted by Crippen LogP contribution is 2.62. The van der Waals surface area contributed by atoms with Crippen LogP contribution in [0.5, 0.6) is 23.0 Å². The Labute approximate surface area is 330 Å². The first-order chi connectivity index (χ1) is 27.6. The molecule has 10 rings (SSSR count). The Hall–Kier alpha value is -6.97. The summed E-state index contributed by atoms with van der Waals surface area (Å²) >= 11 is 0. The van der Waals surface area contributed by atoms with Gasteiger partial charge >= 0.3 is 0 Å². The van der Waals surface area contributed by atoms with Crippen LogP contribution in [0.3, 0.4) is 0 Å². The van der Waals surface area contributed by atoms with E-state index >= 15 is 0 Å². The van der Waals surface area contributed by atoms with Crippen LogP contribution < -0.4 is 9.47 Å². The molecule has 0 bridgehead atoms. The van der Waals surface area contributed by atoms with Gasteiger partial charge in [0.05, 0.1) is 12.0 Å². The maximum absolute atomic E-state index is 6.57. The minimum atomic E-state index is -0.444. The second kappa shape index (κ2) is 16.2. The van der Waals surface area contributed by atoms with Crippen LogP contribution in [0.1, 0.15) is 38.9 Å². The molecular weight excluding hydrogens is 683 g/mol. The SMILES string of the molecule is C=NCc1ccccc1.Cc1ccc2c(c1)Oc1ccc3c(c1O2)-c1ccccc1C3(c1ccccc1)c1ccccc1.Cc1cccc(-c2ccccc2)c1. The molecule has 0 atom stereocenters. The number of aliphatic imine (C=N–C) groups is 1. The molecule has 0 saturated carbocycles. The van der Waals surface area contributed by atoms with Crippen LogP contribution in [-0.4, -0.2) is 6.72 Å². The van der Waals surface area contributed by atoms with Gasteiger partial charge < -0.3 is 9.47 Å². The first-order valence-electron chi connectivity index (χ1n) is 19.0. The van der Waals surface area contributed by atoms with E-state index in [4.69, 9.17) is 9.47 Å². The van der Waals surface area contributed by atoms with E-state index in [0.29, 0.717) is 0 Å². The highest BCUT2D eigenvalue weighted by atomic mass is 16.6. The Kier molecular flexibility index (Phi) is 10.4. The molecule has 2 aliphatic rings. The lowest BCUT2D eigenvalue weighted by Crippen LogP contribution is -2.28. The van der Waals surface area contributed by atoms with Crippen molar-refractivity contribution in [3.8, 4) is 45.3 Å². The smallest absolute Gasteiger partial charge is 0.178 e. The minimum absolute atomic E-state index is 0.444. The van der Waals surface area contributed by atoms with E-state index in [2.05, 4.69) is 177 Å². The average molecular weight is 726 g/mol. The quantitative estimate of drug-likeness (QED) is 0.165. The third kappa shape index (κ3) is 7.03. The van der Waals surface area contributed by atoms with Gasteiger partial charge in [0.15, 0.2) is 23.0 Å². The van der Waals surface area contributed by atoms with E-state index in [0.717, 1.165) is 40.7 Å². The van der Waals surface area contributed by atoms with Gasteiger partial charge in [-0.15, -0.1) is 0 Å². The van der Waals surface area contributed by atoms with Crippen molar-refractivity contribution in [2.45, 2.75) is 25.8 Å². The Morgan fingerprint density at radius 1 is 0.464 bits per heavy atom. The summed E-state index contributed by atoms with van der Waals surface area (Å²) in [7, 11) is 0. The summed E-state index contributed by atoms with van der Waals surface area (Å²) in [5.41, 5.74) is 13.0. The molecule has 0 radical (unpaired) electrons. The fourth-order valence-corrected chi connectivity index (χ4v) is 7.84. The average Bonchev–Trinajstić information content (AvgIpc) is 3.56. The molecule has 3 heteroatoms. The zero-order valence-corrected chi connectivity index (χ0v) is 31.7. The molecule has 0 saturated heterocycles. The predicted octanol–water partition coefficient (Wildman–Crippen LogP) is 13.8. The Morgan fingerprint density at radius 3 is 1.70 bits per heavy atom. The molecule has 0 spiro atoms. The maximum Gasteiger partial charge on any atom is 0.178 e. The van der Waals surface area contributed by atoms with Gasteiger partial charge in [-0.3, -0.25) is 4.99 Å². The van der Waals surface area contributed by atoms with Crippen LogP contribution in [-0.2, 0) is 12.0 Å². The van der Waals surface area contributed by atoms with Gasteiger partial charge in [-0.25, -0.2) is 0 Å². The van der Waals surface area contributed by atoms with Crippen LogP contribution >= 0.6 is 0 Å². The number of benzene rings is 8. The fourth-order valence-electron chi connectivity index (χ4n) is 7.84. The molecule has 1 heterocycles. The minimum Gasteiger partial charge on any atom is -0.449 e. The van der Waals surface area contributed by atoms with Crippen molar-refractivity contribution < 1.29 is 9.47 Å². The highest BCUT2D eigenvalue weighted by molar-refractivity contribution is 5.91. The second-order valence-electron chi connectivity index (χ2n) is 14.1. The van der Waals surface area contributed by atoms with Gasteiger partial charge in [0.1, 0.15) is 0 Å². The molecule has 1 aliphatic heterocycles. The zero-order valence-electron chi connectivity index (χ0n) is 31.7. The summed E-state index contributed by atoms with van der Waals surface area (Å²) in [4.78, 5) is 3.76. The number of rotatable bonds is 5. The Bertz CT molecular complexity index is 2540. The molecule has 0 N–H and O–H groups in total. The van der Waals surface area contributed by atoms with Crippen LogP contribution in [0.2, 0.25) is 0 Å². The summed E-state index contributed by atoms with van der Waals surface area (Å²) in [6.45, 7) is 8.31. The summed E-state index contributed by atoms with van der Waals surface area (Å²) in [6, 6.07) is 69.7. The van der Waals surface area contributed by atoms with Crippen molar-refractivity contribution in [3.63, 3.8) is 0 Å². The molecule has 8 aromatic rings. The largest absolute Gasteiger partial charge is 0.449 e. The summed E-state index contributed by atoms with van der Waals surface area (Å²) in [6.07, 6.45) is 0. The fraction of sp³-hybridized carbons (Fsp3) is 0.0755. The number of fused-ring (bicyclic) bond motifs is 6. The van der Waals surface area contributed by atoms with Crippen molar-refractivity contribution in [1.82, 2.24) is 0 Å². The lowest BCUT2D eigenvalue weighted by atomic mass is 9.68. The van der Waals surface area contributed by atoms with Crippen LogP contribution in [0.4, 0.5) is 0 Å². The summed E-state index contributed by atoms with van der Waals surface area (Å²) in [5, 5.41) is 0. The Morgan fingerprint density at radius 2 is 1.04 bits per heavy atom. The van der Waals surface area contributed by atoms with E-state index in [9.17, 15) is 0 Å². The first kappa shape index (κ1) is 36.0. The van der Waals surface area contributed by atoms with Gasteiger partial charge in [0, 0.05) is 5.56 Å². The number of hydrogen-bond donors (Lipinski definition) is 0. The number of ether oxygens (including phenoxy) is 2. The molecule has 272 valence electrons. The predicted molar refractivity (Wildman–Crippen MR) is 231 cm³/mol.